The van der Waals surface area contributed by atoms with Gasteiger partial charge in [0.1, 0.15) is 0 Å². The first-order chi connectivity index (χ1) is 4.60. The lowest BCUT2D eigenvalue weighted by molar-refractivity contribution is 0.105. The second-order valence-corrected chi connectivity index (χ2v) is 3.97. The molecule has 1 fully saturated rings. The van der Waals surface area contributed by atoms with E-state index in [2.05, 4.69) is 20.8 Å². The Morgan fingerprint density at radius 1 is 1.50 bits per heavy atom. The summed E-state index contributed by atoms with van der Waals surface area (Å²) >= 11 is 5.49. The van der Waals surface area contributed by atoms with Gasteiger partial charge in [0.2, 0.25) is 0 Å². The van der Waals surface area contributed by atoms with E-state index < -0.39 is 0 Å². The molecule has 0 aromatic rings. The van der Waals surface area contributed by atoms with Crippen LogP contribution in [0.2, 0.25) is 0 Å². The smallest absolute Gasteiger partial charge is 0.0661 e. The molecule has 0 heterocycles. The highest BCUT2D eigenvalue weighted by Gasteiger charge is 2.55. The van der Waals surface area contributed by atoms with Crippen LogP contribution in [0, 0.1) is 11.3 Å². The van der Waals surface area contributed by atoms with Crippen LogP contribution in [-0.2, 0) is 4.74 Å². The summed E-state index contributed by atoms with van der Waals surface area (Å²) in [7, 11) is 0. The second kappa shape index (κ2) is 2.71. The zero-order chi connectivity index (χ0) is 7.78. The zero-order valence-corrected chi connectivity index (χ0v) is 7.61. The van der Waals surface area contributed by atoms with E-state index in [9.17, 15) is 0 Å². The largest absolute Gasteiger partial charge is 0.376 e. The van der Waals surface area contributed by atoms with E-state index in [4.69, 9.17) is 16.3 Å². The molecule has 0 unspecified atom stereocenters. The molecule has 2 atom stereocenters. The average Bonchev–Trinajstić information content (AvgIpc) is 2.31. The highest BCUT2D eigenvalue weighted by molar-refractivity contribution is 6.17. The van der Waals surface area contributed by atoms with Gasteiger partial charge in [-0.2, -0.15) is 0 Å². The molecular formula is C8H15ClO. The van der Waals surface area contributed by atoms with Crippen LogP contribution in [0.25, 0.3) is 0 Å². The molecule has 1 nitrogen and oxygen atoms in total. The summed E-state index contributed by atoms with van der Waals surface area (Å²) in [6, 6.07) is 0. The van der Waals surface area contributed by atoms with Gasteiger partial charge >= 0.3 is 0 Å². The molecule has 1 aliphatic carbocycles. The van der Waals surface area contributed by atoms with Crippen molar-refractivity contribution in [3.63, 3.8) is 0 Å². The summed E-state index contributed by atoms with van der Waals surface area (Å²) in [5, 5.41) is 0. The van der Waals surface area contributed by atoms with Crippen LogP contribution in [0.4, 0.5) is 0 Å². The lowest BCUT2D eigenvalue weighted by Crippen LogP contribution is -2.03. The van der Waals surface area contributed by atoms with Crippen LogP contribution < -0.4 is 0 Å². The van der Waals surface area contributed by atoms with Crippen molar-refractivity contribution in [1.82, 2.24) is 0 Å². The fourth-order valence-electron chi connectivity index (χ4n) is 1.37. The van der Waals surface area contributed by atoms with Crippen molar-refractivity contribution < 1.29 is 4.74 Å². The monoisotopic (exact) mass is 162 g/mol. The Balaban J connectivity index is 2.22. The quantitative estimate of drug-likeness (QED) is 0.579. The minimum Gasteiger partial charge on any atom is -0.376 e. The van der Waals surface area contributed by atoms with E-state index in [0.717, 1.165) is 0 Å². The molecule has 0 bridgehead atoms. The predicted octanol–water partition coefficient (Wildman–Crippen LogP) is 2.29. The highest BCUT2D eigenvalue weighted by Crippen LogP contribution is 2.53. The molecule has 1 aliphatic rings. The van der Waals surface area contributed by atoms with E-state index in [0.29, 0.717) is 29.9 Å². The van der Waals surface area contributed by atoms with Crippen LogP contribution >= 0.6 is 11.6 Å². The van der Waals surface area contributed by atoms with E-state index >= 15 is 0 Å². The van der Waals surface area contributed by atoms with Crippen LogP contribution in [0.5, 0.6) is 0 Å². The molecule has 0 radical (unpaired) electrons. The maximum absolute atomic E-state index is 5.50. The minimum atomic E-state index is 0.395. The Kier molecular flexibility index (Phi) is 2.26. The van der Waals surface area contributed by atoms with Gasteiger partial charge < -0.3 is 4.74 Å². The van der Waals surface area contributed by atoms with Gasteiger partial charge in [-0.1, -0.05) is 20.8 Å². The van der Waals surface area contributed by atoms with Gasteiger partial charge in [-0.25, -0.2) is 0 Å². The van der Waals surface area contributed by atoms with Crippen LogP contribution in [0.3, 0.4) is 0 Å². The van der Waals surface area contributed by atoms with Gasteiger partial charge in [-0.05, 0) is 11.3 Å². The summed E-state index contributed by atoms with van der Waals surface area (Å²) in [4.78, 5) is 0. The minimum absolute atomic E-state index is 0.395. The number of ether oxygens (including phenoxy) is 1. The Bertz CT molecular complexity index is 122. The highest BCUT2D eigenvalue weighted by atomic mass is 35.5. The molecule has 0 saturated heterocycles. The molecule has 1 rings (SSSR count). The number of halogens is 1. The molecule has 10 heavy (non-hydrogen) atoms. The lowest BCUT2D eigenvalue weighted by Gasteiger charge is -2.01. The fourth-order valence-corrected chi connectivity index (χ4v) is 1.46. The third-order valence-corrected chi connectivity index (χ3v) is 2.78. The molecule has 0 spiro atoms. The van der Waals surface area contributed by atoms with Gasteiger partial charge in [0.25, 0.3) is 0 Å². The summed E-state index contributed by atoms with van der Waals surface area (Å²) in [5.74, 6) is 1.31. The van der Waals surface area contributed by atoms with Gasteiger partial charge in [-0.3, -0.25) is 0 Å². The first-order valence-corrected chi connectivity index (χ1v) is 4.31. The van der Waals surface area contributed by atoms with Crippen molar-refractivity contribution in [1.29, 1.82) is 0 Å². The van der Waals surface area contributed by atoms with Crippen LogP contribution in [0.15, 0.2) is 0 Å². The Labute approximate surface area is 67.7 Å². The van der Waals surface area contributed by atoms with Crippen molar-refractivity contribution in [3.8, 4) is 0 Å². The molecule has 0 aromatic heterocycles. The Morgan fingerprint density at radius 3 is 2.30 bits per heavy atom. The molecule has 0 aromatic carbocycles. The second-order valence-electron chi connectivity index (χ2n) is 3.59. The number of alkyl halides is 1. The Hall–Kier alpha value is 0.250. The summed E-state index contributed by atoms with van der Waals surface area (Å²) in [5.41, 5.74) is 0.395. The fraction of sp³-hybridized carbons (Fsp3) is 1.00. The number of rotatable bonds is 3. The SMILES string of the molecule is C[C@@H]1[C@@H](OCCCl)C1(C)C. The van der Waals surface area contributed by atoms with Crippen molar-refractivity contribution in [2.24, 2.45) is 11.3 Å². The third kappa shape index (κ3) is 1.30. The van der Waals surface area contributed by atoms with Crippen LogP contribution in [0.1, 0.15) is 20.8 Å². The van der Waals surface area contributed by atoms with Crippen molar-refractivity contribution in [2.75, 3.05) is 12.5 Å². The van der Waals surface area contributed by atoms with E-state index in [1.807, 2.05) is 0 Å². The molecule has 0 amide bonds. The maximum atomic E-state index is 5.50. The Morgan fingerprint density at radius 2 is 2.00 bits per heavy atom. The molecule has 0 aliphatic heterocycles. The molecule has 1 saturated carbocycles. The van der Waals surface area contributed by atoms with E-state index in [1.165, 1.54) is 0 Å². The number of hydrogen-bond donors (Lipinski definition) is 0. The molecule has 0 N–H and O–H groups in total. The van der Waals surface area contributed by atoms with Crippen LogP contribution in [-0.4, -0.2) is 18.6 Å². The topological polar surface area (TPSA) is 9.23 Å². The van der Waals surface area contributed by atoms with Gasteiger partial charge in [-0.15, -0.1) is 11.6 Å². The number of hydrogen-bond acceptors (Lipinski definition) is 1. The summed E-state index contributed by atoms with van der Waals surface area (Å²) in [6.07, 6.45) is 0.450. The van der Waals surface area contributed by atoms with Gasteiger partial charge in [0.05, 0.1) is 12.7 Å². The van der Waals surface area contributed by atoms with E-state index in [-0.39, 0.29) is 0 Å². The molecule has 60 valence electrons. The van der Waals surface area contributed by atoms with Crippen molar-refractivity contribution in [3.05, 3.63) is 0 Å². The van der Waals surface area contributed by atoms with Gasteiger partial charge in [0.15, 0.2) is 0 Å². The van der Waals surface area contributed by atoms with Crippen molar-refractivity contribution in [2.45, 2.75) is 26.9 Å². The lowest BCUT2D eigenvalue weighted by atomic mass is 10.1. The third-order valence-electron chi connectivity index (χ3n) is 2.63. The predicted molar refractivity (Wildman–Crippen MR) is 43.4 cm³/mol. The van der Waals surface area contributed by atoms with Crippen molar-refractivity contribution >= 4 is 11.6 Å². The summed E-state index contributed by atoms with van der Waals surface area (Å²) in [6.45, 7) is 7.38. The first-order valence-electron chi connectivity index (χ1n) is 3.78. The molecule has 2 heteroatoms. The first kappa shape index (κ1) is 8.35. The average molecular weight is 163 g/mol. The zero-order valence-electron chi connectivity index (χ0n) is 6.86. The maximum Gasteiger partial charge on any atom is 0.0661 e. The van der Waals surface area contributed by atoms with E-state index in [1.54, 1.807) is 0 Å². The molecular weight excluding hydrogens is 148 g/mol. The normalized spacial score (nSPS) is 36.0. The van der Waals surface area contributed by atoms with Gasteiger partial charge in [0, 0.05) is 5.88 Å². The summed E-state index contributed by atoms with van der Waals surface area (Å²) < 4.78 is 5.50. The standard InChI is InChI=1S/C8H15ClO/c1-6-7(8(6,2)3)10-5-4-9/h6-7H,4-5H2,1-3H3/t6-,7-/m1/s1.